The number of carbonyl (C=O) groups is 1. The Bertz CT molecular complexity index is 975. The number of ether oxygens (including phenoxy) is 1. The van der Waals surface area contributed by atoms with Gasteiger partial charge in [0.2, 0.25) is 5.78 Å². The average molecular weight is 396 g/mol. The first-order valence-electron chi connectivity index (χ1n) is 9.71. The summed E-state index contributed by atoms with van der Waals surface area (Å²) in [6.07, 6.45) is 6.64. The number of imidazole rings is 1. The van der Waals surface area contributed by atoms with E-state index in [2.05, 4.69) is 15.3 Å². The van der Waals surface area contributed by atoms with E-state index in [4.69, 9.17) is 16.3 Å². The molecule has 1 aliphatic rings. The van der Waals surface area contributed by atoms with Crippen LogP contribution in [-0.4, -0.2) is 17.5 Å². The molecule has 1 aliphatic heterocycles. The highest BCUT2D eigenvalue weighted by Gasteiger charge is 2.27. The first-order valence-corrected chi connectivity index (χ1v) is 10.1. The van der Waals surface area contributed by atoms with Crippen LogP contribution >= 0.6 is 11.6 Å². The normalized spacial score (nSPS) is 13.6. The summed E-state index contributed by atoms with van der Waals surface area (Å²) >= 11 is 6.07. The van der Waals surface area contributed by atoms with Gasteiger partial charge in [0.05, 0.1) is 13.7 Å². The van der Waals surface area contributed by atoms with E-state index >= 15 is 0 Å². The van der Waals surface area contributed by atoms with Crippen LogP contribution in [0.2, 0.25) is 5.02 Å². The second kappa shape index (κ2) is 8.19. The van der Waals surface area contributed by atoms with Crippen LogP contribution in [0.1, 0.15) is 35.4 Å². The van der Waals surface area contributed by atoms with Gasteiger partial charge in [0.15, 0.2) is 12.2 Å². The van der Waals surface area contributed by atoms with Crippen LogP contribution in [0, 0.1) is 0 Å². The number of methoxy groups -OCH3 is 1. The number of hydrogen-bond acceptors (Lipinski definition) is 2. The van der Waals surface area contributed by atoms with Crippen molar-refractivity contribution < 1.29 is 14.1 Å². The predicted octanol–water partition coefficient (Wildman–Crippen LogP) is 4.71. The molecule has 0 N–H and O–H groups in total. The van der Waals surface area contributed by atoms with E-state index in [0.717, 1.165) is 47.8 Å². The molecule has 0 bridgehead atoms. The molecule has 0 saturated carbocycles. The maximum atomic E-state index is 12.9. The minimum atomic E-state index is 0.105. The van der Waals surface area contributed by atoms with Crippen LogP contribution < -0.4 is 9.30 Å². The van der Waals surface area contributed by atoms with Gasteiger partial charge < -0.3 is 4.74 Å². The van der Waals surface area contributed by atoms with Gasteiger partial charge in [-0.25, -0.2) is 9.13 Å². The number of halogens is 1. The number of hydrogen-bond donors (Lipinski definition) is 0. The van der Waals surface area contributed by atoms with Crippen molar-refractivity contribution in [2.45, 2.75) is 38.8 Å². The molecule has 144 valence electrons. The van der Waals surface area contributed by atoms with E-state index < -0.39 is 0 Å². The Labute approximate surface area is 170 Å². The molecule has 2 aromatic carbocycles. The lowest BCUT2D eigenvalue weighted by Gasteiger charge is -2.04. The lowest BCUT2D eigenvalue weighted by Crippen LogP contribution is -2.40. The van der Waals surface area contributed by atoms with E-state index in [-0.39, 0.29) is 5.78 Å². The molecule has 0 aliphatic carbocycles. The molecule has 0 fully saturated rings. The van der Waals surface area contributed by atoms with Crippen molar-refractivity contribution in [1.82, 2.24) is 4.57 Å². The van der Waals surface area contributed by atoms with Gasteiger partial charge in [-0.1, -0.05) is 11.6 Å². The molecule has 4 rings (SSSR count). The molecule has 0 saturated heterocycles. The monoisotopic (exact) mass is 395 g/mol. The van der Waals surface area contributed by atoms with Gasteiger partial charge in [0.1, 0.15) is 11.9 Å². The van der Waals surface area contributed by atoms with Crippen molar-refractivity contribution in [3.8, 4) is 17.0 Å². The third kappa shape index (κ3) is 3.83. The van der Waals surface area contributed by atoms with Crippen LogP contribution in [0.4, 0.5) is 0 Å². The Morgan fingerprint density at radius 3 is 2.54 bits per heavy atom. The summed E-state index contributed by atoms with van der Waals surface area (Å²) in [6, 6.07) is 15.2. The van der Waals surface area contributed by atoms with E-state index in [1.54, 1.807) is 7.11 Å². The first-order chi connectivity index (χ1) is 13.7. The van der Waals surface area contributed by atoms with Gasteiger partial charge >= 0.3 is 0 Å². The average Bonchev–Trinajstić information content (AvgIpc) is 2.90. The fourth-order valence-corrected chi connectivity index (χ4v) is 3.98. The molecule has 2 heterocycles. The Hall–Kier alpha value is -2.59. The fraction of sp³-hybridized carbons (Fsp3) is 0.304. The number of aromatic nitrogens is 2. The van der Waals surface area contributed by atoms with E-state index in [1.165, 1.54) is 12.2 Å². The van der Waals surface area contributed by atoms with Gasteiger partial charge in [-0.15, -0.1) is 0 Å². The minimum Gasteiger partial charge on any atom is -0.497 e. The smallest absolute Gasteiger partial charge is 0.257 e. The molecule has 1 aromatic heterocycles. The quantitative estimate of drug-likeness (QED) is 0.463. The number of benzene rings is 2. The summed E-state index contributed by atoms with van der Waals surface area (Å²) in [5, 5.41) is 0.731. The molecular weight excluding hydrogens is 372 g/mol. The van der Waals surface area contributed by atoms with Gasteiger partial charge in [-0.2, -0.15) is 0 Å². The maximum Gasteiger partial charge on any atom is 0.257 e. The molecule has 0 unspecified atom stereocenters. The molecule has 0 amide bonds. The van der Waals surface area contributed by atoms with E-state index in [0.29, 0.717) is 12.1 Å². The molecular formula is C23H24ClN2O2+. The topological polar surface area (TPSA) is 35.1 Å². The minimum absolute atomic E-state index is 0.105. The number of fused-ring (bicyclic) bond motifs is 1. The van der Waals surface area contributed by atoms with Crippen LogP contribution in [-0.2, 0) is 19.5 Å². The van der Waals surface area contributed by atoms with Crippen molar-refractivity contribution in [3.63, 3.8) is 0 Å². The number of carbonyl (C=O) groups excluding carboxylic acids is 1. The maximum absolute atomic E-state index is 12.9. The Morgan fingerprint density at radius 1 is 1.07 bits per heavy atom. The zero-order valence-corrected chi connectivity index (χ0v) is 16.8. The summed E-state index contributed by atoms with van der Waals surface area (Å²) in [7, 11) is 1.63. The molecule has 0 spiro atoms. The SMILES string of the molecule is COc1ccc(C(=O)C[n+]2cc(-c3ccc(Cl)cc3)n3c2CCCCC3)cc1. The largest absolute Gasteiger partial charge is 0.497 e. The highest BCUT2D eigenvalue weighted by atomic mass is 35.5. The lowest BCUT2D eigenvalue weighted by molar-refractivity contribution is -0.690. The molecule has 0 atom stereocenters. The third-order valence-electron chi connectivity index (χ3n) is 5.36. The summed E-state index contributed by atoms with van der Waals surface area (Å²) in [5.74, 6) is 2.09. The fourth-order valence-electron chi connectivity index (χ4n) is 3.85. The van der Waals surface area contributed by atoms with Crippen LogP contribution in [0.25, 0.3) is 11.3 Å². The van der Waals surface area contributed by atoms with Gasteiger partial charge in [-0.3, -0.25) is 4.79 Å². The molecule has 0 radical (unpaired) electrons. The Balaban J connectivity index is 1.68. The summed E-state index contributed by atoms with van der Waals surface area (Å²) < 4.78 is 9.69. The van der Waals surface area contributed by atoms with Crippen LogP contribution in [0.15, 0.2) is 54.7 Å². The van der Waals surface area contributed by atoms with Crippen molar-refractivity contribution in [1.29, 1.82) is 0 Å². The second-order valence-corrected chi connectivity index (χ2v) is 7.62. The van der Waals surface area contributed by atoms with Crippen molar-refractivity contribution in [3.05, 3.63) is 71.1 Å². The summed E-state index contributed by atoms with van der Waals surface area (Å²) in [5.41, 5.74) is 2.98. The Morgan fingerprint density at radius 2 is 1.82 bits per heavy atom. The zero-order chi connectivity index (χ0) is 19.5. The van der Waals surface area contributed by atoms with Crippen molar-refractivity contribution >= 4 is 17.4 Å². The second-order valence-electron chi connectivity index (χ2n) is 7.18. The predicted molar refractivity (Wildman–Crippen MR) is 110 cm³/mol. The van der Waals surface area contributed by atoms with E-state index in [1.807, 2.05) is 48.5 Å². The van der Waals surface area contributed by atoms with E-state index in [9.17, 15) is 4.79 Å². The first kappa shape index (κ1) is 18.8. The lowest BCUT2D eigenvalue weighted by atomic mass is 10.1. The molecule has 3 aromatic rings. The van der Waals surface area contributed by atoms with Crippen LogP contribution in [0.5, 0.6) is 5.75 Å². The highest BCUT2D eigenvalue weighted by Crippen LogP contribution is 2.25. The highest BCUT2D eigenvalue weighted by molar-refractivity contribution is 6.30. The van der Waals surface area contributed by atoms with Gasteiger partial charge in [-0.05, 0) is 67.8 Å². The third-order valence-corrected chi connectivity index (χ3v) is 5.61. The van der Waals surface area contributed by atoms with Gasteiger partial charge in [0.25, 0.3) is 5.82 Å². The Kier molecular flexibility index (Phi) is 5.49. The van der Waals surface area contributed by atoms with Crippen molar-refractivity contribution in [2.24, 2.45) is 0 Å². The van der Waals surface area contributed by atoms with Crippen LogP contribution in [0.3, 0.4) is 0 Å². The number of nitrogens with zero attached hydrogens (tertiary/aromatic N) is 2. The summed E-state index contributed by atoms with van der Waals surface area (Å²) in [6.45, 7) is 1.33. The summed E-state index contributed by atoms with van der Waals surface area (Å²) in [4.78, 5) is 12.9. The van der Waals surface area contributed by atoms with Gasteiger partial charge in [0, 0.05) is 22.6 Å². The number of ketones is 1. The number of Topliss-reactive ketones (excluding diaryl/α,β-unsaturated/α-hetero) is 1. The molecule has 4 nitrogen and oxygen atoms in total. The standard InChI is InChI=1S/C23H24ClN2O2/c1-28-20-12-8-18(9-13-20)22(27)16-25-15-21(17-6-10-19(24)11-7-17)26-14-4-2-3-5-23(25)26/h6-13,15H,2-5,14,16H2,1H3/q+1. The molecule has 28 heavy (non-hydrogen) atoms. The number of rotatable bonds is 5. The zero-order valence-electron chi connectivity index (χ0n) is 16.0. The molecule has 5 heteroatoms. The van der Waals surface area contributed by atoms with Crippen molar-refractivity contribution in [2.75, 3.05) is 7.11 Å².